The zero-order valence-corrected chi connectivity index (χ0v) is 11.5. The molecule has 1 unspecified atom stereocenters. The number of rotatable bonds is 7. The number of hydrogen-bond donors (Lipinski definition) is 2. The quantitative estimate of drug-likeness (QED) is 0.814. The van der Waals surface area contributed by atoms with Crippen LogP contribution in [0.25, 0.3) is 0 Å². The molecule has 4 heteroatoms. The van der Waals surface area contributed by atoms with Crippen molar-refractivity contribution < 1.29 is 14.6 Å². The van der Waals surface area contributed by atoms with Crippen molar-refractivity contribution in [3.63, 3.8) is 0 Å². The minimum atomic E-state index is -0.572. The van der Waals surface area contributed by atoms with Gasteiger partial charge in [0.05, 0.1) is 7.11 Å². The van der Waals surface area contributed by atoms with Gasteiger partial charge in [0.2, 0.25) is 0 Å². The monoisotopic (exact) mass is 273 g/mol. The zero-order chi connectivity index (χ0) is 14.2. The molecule has 2 aromatic carbocycles. The van der Waals surface area contributed by atoms with Gasteiger partial charge in [-0.1, -0.05) is 18.2 Å². The van der Waals surface area contributed by atoms with Crippen LogP contribution < -0.4 is 14.8 Å². The van der Waals surface area contributed by atoms with E-state index in [4.69, 9.17) is 9.47 Å². The first-order valence-corrected chi connectivity index (χ1v) is 6.52. The van der Waals surface area contributed by atoms with Crippen LogP contribution in [-0.4, -0.2) is 31.5 Å². The van der Waals surface area contributed by atoms with E-state index in [0.717, 1.165) is 11.4 Å². The van der Waals surface area contributed by atoms with Crippen molar-refractivity contribution in [2.45, 2.75) is 6.10 Å². The van der Waals surface area contributed by atoms with Crippen molar-refractivity contribution in [1.82, 2.24) is 0 Å². The number of ether oxygens (including phenoxy) is 2. The molecule has 106 valence electrons. The minimum absolute atomic E-state index is 0.242. The van der Waals surface area contributed by atoms with Crippen LogP contribution in [0.15, 0.2) is 54.6 Å². The molecule has 20 heavy (non-hydrogen) atoms. The summed E-state index contributed by atoms with van der Waals surface area (Å²) < 4.78 is 10.6. The largest absolute Gasteiger partial charge is 0.497 e. The summed E-state index contributed by atoms with van der Waals surface area (Å²) in [5, 5.41) is 13.0. The summed E-state index contributed by atoms with van der Waals surface area (Å²) >= 11 is 0. The number of para-hydroxylation sites is 1. The third-order valence-electron chi connectivity index (χ3n) is 2.82. The van der Waals surface area contributed by atoms with Gasteiger partial charge in [0, 0.05) is 12.2 Å². The Morgan fingerprint density at radius 2 is 1.65 bits per heavy atom. The van der Waals surface area contributed by atoms with Crippen LogP contribution in [0.1, 0.15) is 0 Å². The van der Waals surface area contributed by atoms with Crippen LogP contribution in [0.5, 0.6) is 11.5 Å². The van der Waals surface area contributed by atoms with E-state index in [1.807, 2.05) is 54.6 Å². The number of methoxy groups -OCH3 is 1. The molecule has 2 aromatic rings. The van der Waals surface area contributed by atoms with Gasteiger partial charge in [-0.25, -0.2) is 0 Å². The first-order valence-electron chi connectivity index (χ1n) is 6.52. The zero-order valence-electron chi connectivity index (χ0n) is 11.5. The van der Waals surface area contributed by atoms with E-state index in [2.05, 4.69) is 5.32 Å². The first-order chi connectivity index (χ1) is 9.78. The molecule has 4 nitrogen and oxygen atoms in total. The lowest BCUT2D eigenvalue weighted by atomic mass is 10.3. The van der Waals surface area contributed by atoms with Crippen LogP contribution in [0, 0.1) is 0 Å². The lowest BCUT2D eigenvalue weighted by Crippen LogP contribution is -2.26. The maximum absolute atomic E-state index is 9.86. The lowest BCUT2D eigenvalue weighted by molar-refractivity contribution is 0.117. The van der Waals surface area contributed by atoms with Crippen molar-refractivity contribution in [2.75, 3.05) is 25.6 Å². The fourth-order valence-electron chi connectivity index (χ4n) is 1.71. The van der Waals surface area contributed by atoms with E-state index in [0.29, 0.717) is 12.3 Å². The molecule has 0 aliphatic heterocycles. The molecule has 0 aromatic heterocycles. The summed E-state index contributed by atoms with van der Waals surface area (Å²) in [5.41, 5.74) is 0.982. The predicted octanol–water partition coefficient (Wildman–Crippen LogP) is 2.55. The Bertz CT molecular complexity index is 499. The molecule has 2 N–H and O–H groups in total. The molecule has 0 fully saturated rings. The Balaban J connectivity index is 1.73. The smallest absolute Gasteiger partial charge is 0.119 e. The molecule has 0 saturated carbocycles. The summed E-state index contributed by atoms with van der Waals surface area (Å²) in [6.45, 7) is 0.687. The van der Waals surface area contributed by atoms with Crippen LogP contribution >= 0.6 is 0 Å². The Kier molecular flexibility index (Phi) is 5.26. The van der Waals surface area contributed by atoms with E-state index in [9.17, 15) is 5.11 Å². The third-order valence-corrected chi connectivity index (χ3v) is 2.82. The fourth-order valence-corrected chi connectivity index (χ4v) is 1.71. The highest BCUT2D eigenvalue weighted by Gasteiger charge is 2.05. The van der Waals surface area contributed by atoms with Gasteiger partial charge in [-0.05, 0) is 36.4 Å². The van der Waals surface area contributed by atoms with Gasteiger partial charge in [0.1, 0.15) is 24.2 Å². The average Bonchev–Trinajstić information content (AvgIpc) is 2.52. The SMILES string of the molecule is COc1ccc(OCC(O)CNc2ccccc2)cc1. The molecule has 0 aliphatic rings. The van der Waals surface area contributed by atoms with Gasteiger partial charge < -0.3 is 19.9 Å². The predicted molar refractivity (Wildman–Crippen MR) is 79.4 cm³/mol. The van der Waals surface area contributed by atoms with Crippen molar-refractivity contribution in [2.24, 2.45) is 0 Å². The molecule has 0 spiro atoms. The molecule has 0 radical (unpaired) electrons. The second-order valence-corrected chi connectivity index (χ2v) is 4.39. The maximum Gasteiger partial charge on any atom is 0.119 e. The summed E-state index contributed by atoms with van der Waals surface area (Å²) in [4.78, 5) is 0. The number of benzene rings is 2. The molecule has 0 amide bonds. The summed E-state index contributed by atoms with van der Waals surface area (Å²) in [7, 11) is 1.62. The second kappa shape index (κ2) is 7.40. The standard InChI is InChI=1S/C16H19NO3/c1-19-15-7-9-16(10-8-15)20-12-14(18)11-17-13-5-3-2-4-6-13/h2-10,14,17-18H,11-12H2,1H3. The fraction of sp³-hybridized carbons (Fsp3) is 0.250. The second-order valence-electron chi connectivity index (χ2n) is 4.39. The van der Waals surface area contributed by atoms with Gasteiger partial charge in [0.25, 0.3) is 0 Å². The Morgan fingerprint density at radius 1 is 1.00 bits per heavy atom. The van der Waals surface area contributed by atoms with Crippen molar-refractivity contribution in [3.8, 4) is 11.5 Å². The molecule has 1 atom stereocenters. The van der Waals surface area contributed by atoms with E-state index < -0.39 is 6.10 Å². The van der Waals surface area contributed by atoms with Crippen molar-refractivity contribution in [3.05, 3.63) is 54.6 Å². The van der Waals surface area contributed by atoms with Gasteiger partial charge in [0.15, 0.2) is 0 Å². The maximum atomic E-state index is 9.86. The van der Waals surface area contributed by atoms with Crippen LogP contribution in [0.3, 0.4) is 0 Å². The summed E-state index contributed by atoms with van der Waals surface area (Å²) in [5.74, 6) is 1.49. The summed E-state index contributed by atoms with van der Waals surface area (Å²) in [6.07, 6.45) is -0.572. The molecule has 0 saturated heterocycles. The number of hydrogen-bond acceptors (Lipinski definition) is 4. The van der Waals surface area contributed by atoms with Gasteiger partial charge in [-0.3, -0.25) is 0 Å². The van der Waals surface area contributed by atoms with Gasteiger partial charge in [-0.2, -0.15) is 0 Å². The average molecular weight is 273 g/mol. The number of aliphatic hydroxyl groups is 1. The highest BCUT2D eigenvalue weighted by molar-refractivity contribution is 5.42. The van der Waals surface area contributed by atoms with Crippen LogP contribution in [-0.2, 0) is 0 Å². The van der Waals surface area contributed by atoms with Gasteiger partial charge in [-0.15, -0.1) is 0 Å². The molecule has 0 heterocycles. The highest BCUT2D eigenvalue weighted by atomic mass is 16.5. The highest BCUT2D eigenvalue weighted by Crippen LogP contribution is 2.17. The number of nitrogens with one attached hydrogen (secondary N) is 1. The first kappa shape index (κ1) is 14.2. The molecular formula is C16H19NO3. The Labute approximate surface area is 119 Å². The lowest BCUT2D eigenvalue weighted by Gasteiger charge is -2.14. The van der Waals surface area contributed by atoms with Crippen LogP contribution in [0.2, 0.25) is 0 Å². The number of anilines is 1. The molecule has 2 rings (SSSR count). The Morgan fingerprint density at radius 3 is 2.30 bits per heavy atom. The van der Waals surface area contributed by atoms with Crippen molar-refractivity contribution in [1.29, 1.82) is 0 Å². The summed E-state index contributed by atoms with van der Waals surface area (Å²) in [6, 6.07) is 17.0. The van der Waals surface area contributed by atoms with E-state index in [1.54, 1.807) is 7.11 Å². The molecule has 0 aliphatic carbocycles. The number of aliphatic hydroxyl groups excluding tert-OH is 1. The normalized spacial score (nSPS) is 11.7. The van der Waals surface area contributed by atoms with E-state index in [1.165, 1.54) is 0 Å². The van der Waals surface area contributed by atoms with E-state index in [-0.39, 0.29) is 6.61 Å². The Hall–Kier alpha value is -2.20. The minimum Gasteiger partial charge on any atom is -0.497 e. The third kappa shape index (κ3) is 4.48. The van der Waals surface area contributed by atoms with Gasteiger partial charge >= 0.3 is 0 Å². The molecular weight excluding hydrogens is 254 g/mol. The molecule has 0 bridgehead atoms. The van der Waals surface area contributed by atoms with Crippen molar-refractivity contribution >= 4 is 5.69 Å². The topological polar surface area (TPSA) is 50.7 Å². The van der Waals surface area contributed by atoms with Crippen LogP contribution in [0.4, 0.5) is 5.69 Å². The van der Waals surface area contributed by atoms with E-state index >= 15 is 0 Å².